The number of nitrogens with zero attached hydrogens (tertiary/aromatic N) is 5. The van der Waals surface area contributed by atoms with E-state index in [1.807, 2.05) is 4.90 Å². The van der Waals surface area contributed by atoms with Crippen LogP contribution >= 0.6 is 0 Å². The number of H-pyrrole nitrogens is 1. The first-order valence-corrected chi connectivity index (χ1v) is 12.2. The zero-order valence-corrected chi connectivity index (χ0v) is 20.0. The number of nitrogens with one attached hydrogen (secondary N) is 1. The van der Waals surface area contributed by atoms with E-state index in [0.29, 0.717) is 62.5 Å². The summed E-state index contributed by atoms with van der Waals surface area (Å²) in [4.78, 5) is 31.4. The molecule has 2 aliphatic rings. The maximum Gasteiger partial charge on any atom is 0.416 e. The largest absolute Gasteiger partial charge is 0.416 e. The molecule has 196 valence electrons. The molecule has 0 saturated carbocycles. The normalized spacial score (nSPS) is 17.9. The van der Waals surface area contributed by atoms with Crippen LogP contribution in [-0.4, -0.2) is 87.2 Å². The highest BCUT2D eigenvalue weighted by Crippen LogP contribution is 2.30. The molecule has 0 atom stereocenters. The van der Waals surface area contributed by atoms with Crippen molar-refractivity contribution in [2.75, 3.05) is 39.3 Å². The first kappa shape index (κ1) is 25.1. The minimum Gasteiger partial charge on any atom is -0.340 e. The molecule has 2 aliphatic heterocycles. The van der Waals surface area contributed by atoms with E-state index < -0.39 is 17.6 Å². The lowest BCUT2D eigenvalue weighted by atomic mass is 10.0. The minimum absolute atomic E-state index is 0.0331. The number of hydrogen-bond donors (Lipinski definition) is 1. The number of piperidine rings is 1. The summed E-state index contributed by atoms with van der Waals surface area (Å²) in [5, 5.41) is 10.5. The summed E-state index contributed by atoms with van der Waals surface area (Å²) in [6.07, 6.45) is -3.26. The van der Waals surface area contributed by atoms with Crippen molar-refractivity contribution in [3.05, 3.63) is 58.9 Å². The van der Waals surface area contributed by atoms with Gasteiger partial charge in [-0.3, -0.25) is 19.6 Å². The number of carbonyl (C=O) groups is 2. The molecule has 1 N–H and O–H groups in total. The van der Waals surface area contributed by atoms with Crippen LogP contribution in [0.4, 0.5) is 17.6 Å². The van der Waals surface area contributed by atoms with Crippen LogP contribution in [0.15, 0.2) is 36.4 Å². The Kier molecular flexibility index (Phi) is 6.84. The lowest BCUT2D eigenvalue weighted by Crippen LogP contribution is -2.55. The molecule has 0 spiro atoms. The summed E-state index contributed by atoms with van der Waals surface area (Å²) >= 11 is 0. The van der Waals surface area contributed by atoms with Gasteiger partial charge < -0.3 is 9.80 Å². The van der Waals surface area contributed by atoms with Gasteiger partial charge in [0.25, 0.3) is 5.91 Å². The highest BCUT2D eigenvalue weighted by Gasteiger charge is 2.33. The van der Waals surface area contributed by atoms with Gasteiger partial charge in [-0.2, -0.15) is 13.2 Å². The summed E-state index contributed by atoms with van der Waals surface area (Å²) in [7, 11) is 0. The molecule has 1 aromatic heterocycles. The molecule has 37 heavy (non-hydrogen) atoms. The zero-order valence-electron chi connectivity index (χ0n) is 20.0. The number of halogens is 4. The number of aromatic amines is 1. The summed E-state index contributed by atoms with van der Waals surface area (Å²) in [6.45, 7) is 3.51. The first-order valence-electron chi connectivity index (χ1n) is 12.2. The predicted molar refractivity (Wildman–Crippen MR) is 126 cm³/mol. The van der Waals surface area contributed by atoms with Gasteiger partial charge in [0.05, 0.1) is 17.5 Å². The number of alkyl halides is 3. The van der Waals surface area contributed by atoms with Gasteiger partial charge in [0.15, 0.2) is 0 Å². The number of hydrogen-bond acceptors (Lipinski definition) is 5. The highest BCUT2D eigenvalue weighted by atomic mass is 19.4. The molecule has 0 unspecified atom stereocenters. The van der Waals surface area contributed by atoms with Crippen molar-refractivity contribution in [1.82, 2.24) is 30.1 Å². The standard InChI is InChI=1S/C25H26F4N6O2/c26-20-15-18(25(27,28)29)3-1-16(20)14-23(36)34-11-9-33(10-12-34)19-5-7-35(8-6-19)24(37)17-2-4-21-22(13-17)31-32-30-21/h1-4,13,15,19H,5-12,14H2,(H,30,31,32). The average molecular weight is 519 g/mol. The first-order chi connectivity index (χ1) is 17.7. The van der Waals surface area contributed by atoms with Crippen molar-refractivity contribution in [2.45, 2.75) is 31.5 Å². The summed E-state index contributed by atoms with van der Waals surface area (Å²) in [6, 6.07) is 7.86. The van der Waals surface area contributed by atoms with Gasteiger partial charge in [0.2, 0.25) is 5.91 Å². The second-order valence-electron chi connectivity index (χ2n) is 9.46. The molecule has 0 radical (unpaired) electrons. The van der Waals surface area contributed by atoms with Crippen molar-refractivity contribution in [2.24, 2.45) is 0 Å². The van der Waals surface area contributed by atoms with Gasteiger partial charge in [0.1, 0.15) is 11.3 Å². The molecule has 2 fully saturated rings. The van der Waals surface area contributed by atoms with Crippen LogP contribution in [0, 0.1) is 5.82 Å². The van der Waals surface area contributed by atoms with Crippen molar-refractivity contribution < 1.29 is 27.2 Å². The summed E-state index contributed by atoms with van der Waals surface area (Å²) < 4.78 is 52.4. The second-order valence-corrected chi connectivity index (χ2v) is 9.46. The Morgan fingerprint density at radius 2 is 1.68 bits per heavy atom. The quantitative estimate of drug-likeness (QED) is 0.537. The van der Waals surface area contributed by atoms with Gasteiger partial charge >= 0.3 is 6.18 Å². The molecule has 0 aliphatic carbocycles. The smallest absolute Gasteiger partial charge is 0.340 e. The second kappa shape index (κ2) is 10.1. The van der Waals surface area contributed by atoms with Crippen molar-refractivity contribution in [1.29, 1.82) is 0 Å². The van der Waals surface area contributed by atoms with E-state index in [4.69, 9.17) is 0 Å². The monoisotopic (exact) mass is 518 g/mol. The summed E-state index contributed by atoms with van der Waals surface area (Å²) in [5.74, 6) is -1.36. The molecule has 2 amide bonds. The molecule has 2 saturated heterocycles. The van der Waals surface area contributed by atoms with Gasteiger partial charge in [-0.05, 0) is 48.7 Å². The number of benzene rings is 2. The highest BCUT2D eigenvalue weighted by molar-refractivity contribution is 5.97. The minimum atomic E-state index is -4.63. The molecule has 3 aromatic rings. The third kappa shape index (κ3) is 5.43. The van der Waals surface area contributed by atoms with Crippen LogP contribution in [0.5, 0.6) is 0 Å². The number of amides is 2. The van der Waals surface area contributed by atoms with Gasteiger partial charge in [-0.25, -0.2) is 4.39 Å². The maximum absolute atomic E-state index is 14.1. The molecule has 3 heterocycles. The van der Waals surface area contributed by atoms with Gasteiger partial charge in [0, 0.05) is 50.9 Å². The Balaban J connectivity index is 1.10. The number of aromatic nitrogens is 3. The van der Waals surface area contributed by atoms with E-state index in [9.17, 15) is 27.2 Å². The fourth-order valence-corrected chi connectivity index (χ4v) is 5.07. The molecular weight excluding hydrogens is 492 g/mol. The Labute approximate surface area is 210 Å². The number of rotatable bonds is 4. The average Bonchev–Trinajstić information content (AvgIpc) is 3.37. The molecule has 0 bridgehead atoms. The van der Waals surface area contributed by atoms with Crippen LogP contribution in [0.25, 0.3) is 11.0 Å². The molecular formula is C25H26F4N6O2. The number of piperazine rings is 1. The van der Waals surface area contributed by atoms with Crippen molar-refractivity contribution >= 4 is 22.8 Å². The van der Waals surface area contributed by atoms with E-state index in [2.05, 4.69) is 20.3 Å². The van der Waals surface area contributed by atoms with Crippen LogP contribution in [0.3, 0.4) is 0 Å². The Hall–Kier alpha value is -3.54. The zero-order chi connectivity index (χ0) is 26.2. The molecule has 2 aromatic carbocycles. The van der Waals surface area contributed by atoms with Crippen molar-refractivity contribution in [3.8, 4) is 0 Å². The SMILES string of the molecule is O=C(Cc1ccc(C(F)(F)F)cc1F)N1CCN(C2CCN(C(=O)c3ccc4[nH]nnc4c3)CC2)CC1. The van der Waals surface area contributed by atoms with Crippen LogP contribution in [0.1, 0.15) is 34.3 Å². The molecule has 8 nitrogen and oxygen atoms in total. The Bertz CT molecular complexity index is 1290. The van der Waals surface area contributed by atoms with Crippen LogP contribution in [0.2, 0.25) is 0 Å². The van der Waals surface area contributed by atoms with E-state index in [0.717, 1.165) is 30.5 Å². The van der Waals surface area contributed by atoms with Crippen molar-refractivity contribution in [3.63, 3.8) is 0 Å². The van der Waals surface area contributed by atoms with Crippen LogP contribution < -0.4 is 0 Å². The number of fused-ring (bicyclic) bond motifs is 1. The van der Waals surface area contributed by atoms with E-state index in [-0.39, 0.29) is 23.8 Å². The van der Waals surface area contributed by atoms with E-state index in [1.54, 1.807) is 23.1 Å². The van der Waals surface area contributed by atoms with Gasteiger partial charge in [-0.1, -0.05) is 11.3 Å². The Morgan fingerprint density at radius 3 is 2.35 bits per heavy atom. The summed E-state index contributed by atoms with van der Waals surface area (Å²) in [5.41, 5.74) is 0.891. The third-order valence-corrected chi connectivity index (χ3v) is 7.23. The molecule has 12 heteroatoms. The number of likely N-dealkylation sites (tertiary alicyclic amines) is 1. The maximum atomic E-state index is 14.1. The van der Waals surface area contributed by atoms with Crippen LogP contribution in [-0.2, 0) is 17.4 Å². The topological polar surface area (TPSA) is 85.4 Å². The predicted octanol–water partition coefficient (Wildman–Crippen LogP) is 3.11. The lowest BCUT2D eigenvalue weighted by molar-refractivity contribution is -0.137. The Morgan fingerprint density at radius 1 is 0.946 bits per heavy atom. The van der Waals surface area contributed by atoms with Gasteiger partial charge in [-0.15, -0.1) is 5.10 Å². The number of carbonyl (C=O) groups excluding carboxylic acids is 2. The fourth-order valence-electron chi connectivity index (χ4n) is 5.07. The third-order valence-electron chi connectivity index (χ3n) is 7.23. The van der Waals surface area contributed by atoms with E-state index in [1.165, 1.54) is 0 Å². The lowest BCUT2D eigenvalue weighted by Gasteiger charge is -2.42. The van der Waals surface area contributed by atoms with E-state index >= 15 is 0 Å². The fraction of sp³-hybridized carbons (Fsp3) is 0.440. The molecule has 5 rings (SSSR count).